The summed E-state index contributed by atoms with van der Waals surface area (Å²) in [5.41, 5.74) is 0. The molecule has 2 heteroatoms. The minimum Gasteiger partial charge on any atom is -0.435 e. The monoisotopic (exact) mass is 492 g/mol. The lowest BCUT2D eigenvalue weighted by Gasteiger charge is -2.05. The van der Waals surface area contributed by atoms with Gasteiger partial charge < -0.3 is 4.74 Å². The highest BCUT2D eigenvalue weighted by Crippen LogP contribution is 2.16. The molecule has 0 saturated heterocycles. The third-order valence-electron chi connectivity index (χ3n) is 7.38. The first-order valence-electron chi connectivity index (χ1n) is 16.0. The normalized spacial score (nSPS) is 11.3. The van der Waals surface area contributed by atoms with Gasteiger partial charge in [0.15, 0.2) is 0 Å². The zero-order chi connectivity index (χ0) is 25.7. The maximum Gasteiger partial charge on any atom is 0.310 e. The van der Waals surface area contributed by atoms with Crippen molar-refractivity contribution < 1.29 is 9.53 Å². The van der Waals surface area contributed by atoms with Crippen LogP contribution < -0.4 is 0 Å². The largest absolute Gasteiger partial charge is 0.435 e. The van der Waals surface area contributed by atoms with E-state index in [0.717, 1.165) is 18.8 Å². The van der Waals surface area contributed by atoms with Crippen LogP contribution in [0.15, 0.2) is 12.8 Å². The summed E-state index contributed by atoms with van der Waals surface area (Å²) in [6.45, 7) is 8.09. The highest BCUT2D eigenvalue weighted by molar-refractivity contribution is 5.69. The fourth-order valence-corrected chi connectivity index (χ4v) is 5.04. The Labute approximate surface area is 221 Å². The first kappa shape index (κ1) is 34.2. The highest BCUT2D eigenvalue weighted by Gasteiger charge is 2.00. The molecule has 0 spiro atoms. The van der Waals surface area contributed by atoms with E-state index in [4.69, 9.17) is 4.74 Å². The summed E-state index contributed by atoms with van der Waals surface area (Å²) in [4.78, 5) is 11.2. The first-order chi connectivity index (χ1) is 17.2. The summed E-state index contributed by atoms with van der Waals surface area (Å²) in [6, 6.07) is 0. The van der Waals surface area contributed by atoms with Crippen molar-refractivity contribution in [1.82, 2.24) is 0 Å². The maximum absolute atomic E-state index is 11.2. The summed E-state index contributed by atoms with van der Waals surface area (Å²) in [5.74, 6) is 0.743. The molecule has 0 aliphatic rings. The molecule has 0 N–H and O–H groups in total. The Morgan fingerprint density at radius 2 is 0.771 bits per heavy atom. The number of ether oxygens (including phenoxy) is 1. The van der Waals surface area contributed by atoms with Crippen molar-refractivity contribution in [2.75, 3.05) is 0 Å². The van der Waals surface area contributed by atoms with E-state index < -0.39 is 0 Å². The third kappa shape index (κ3) is 31.2. The maximum atomic E-state index is 11.2. The van der Waals surface area contributed by atoms with Crippen molar-refractivity contribution in [3.8, 4) is 0 Å². The Hall–Kier alpha value is -0.790. The Morgan fingerprint density at radius 3 is 1.03 bits per heavy atom. The van der Waals surface area contributed by atoms with Crippen molar-refractivity contribution in [2.45, 2.75) is 187 Å². The number of hydrogen-bond donors (Lipinski definition) is 0. The van der Waals surface area contributed by atoms with Gasteiger partial charge >= 0.3 is 5.97 Å². The van der Waals surface area contributed by atoms with Crippen LogP contribution >= 0.6 is 0 Å². The van der Waals surface area contributed by atoms with Gasteiger partial charge in [0.25, 0.3) is 0 Å². The number of carbonyl (C=O) groups excluding carboxylic acids is 1. The molecule has 2 nitrogen and oxygen atoms in total. The van der Waals surface area contributed by atoms with Crippen LogP contribution in [0.25, 0.3) is 0 Å². The standard InChI is InChI=1S/C33H64O2/c1-4-35-33(34)31-29-27-25-23-21-19-17-15-13-11-9-7-5-6-8-10-12-14-16-18-20-22-24-26-28-30-32(2)3/h4,32H,1,5-31H2,2-3H3. The van der Waals surface area contributed by atoms with Crippen molar-refractivity contribution >= 4 is 5.97 Å². The first-order valence-corrected chi connectivity index (χ1v) is 16.0. The van der Waals surface area contributed by atoms with Gasteiger partial charge in [0.05, 0.1) is 6.26 Å². The van der Waals surface area contributed by atoms with E-state index in [1.807, 2.05) is 0 Å². The summed E-state index contributed by atoms with van der Waals surface area (Å²) in [7, 11) is 0. The van der Waals surface area contributed by atoms with Gasteiger partial charge in [0, 0.05) is 6.42 Å². The molecule has 0 bridgehead atoms. The molecule has 0 fully saturated rings. The summed E-state index contributed by atoms with van der Waals surface area (Å²) < 4.78 is 4.73. The Kier molecular flexibility index (Phi) is 28.8. The van der Waals surface area contributed by atoms with Gasteiger partial charge in [-0.05, 0) is 12.3 Å². The van der Waals surface area contributed by atoms with Crippen LogP contribution in [0.4, 0.5) is 0 Å². The smallest absolute Gasteiger partial charge is 0.310 e. The van der Waals surface area contributed by atoms with Gasteiger partial charge in [0.1, 0.15) is 0 Å². The topological polar surface area (TPSA) is 26.3 Å². The van der Waals surface area contributed by atoms with Gasteiger partial charge in [-0.15, -0.1) is 0 Å². The molecule has 0 unspecified atom stereocenters. The molecule has 0 aromatic rings. The van der Waals surface area contributed by atoms with E-state index >= 15 is 0 Å². The minimum absolute atomic E-state index is 0.144. The molecule has 0 aromatic heterocycles. The average Bonchev–Trinajstić information content (AvgIpc) is 2.83. The van der Waals surface area contributed by atoms with E-state index in [-0.39, 0.29) is 5.97 Å². The third-order valence-corrected chi connectivity index (χ3v) is 7.38. The second kappa shape index (κ2) is 29.4. The summed E-state index contributed by atoms with van der Waals surface area (Å²) >= 11 is 0. The molecule has 0 heterocycles. The number of hydrogen-bond acceptors (Lipinski definition) is 2. The van der Waals surface area contributed by atoms with Crippen molar-refractivity contribution in [2.24, 2.45) is 5.92 Å². The predicted molar refractivity (Wildman–Crippen MR) is 156 cm³/mol. The van der Waals surface area contributed by atoms with E-state index in [2.05, 4.69) is 20.4 Å². The Morgan fingerprint density at radius 1 is 0.514 bits per heavy atom. The fourth-order valence-electron chi connectivity index (χ4n) is 5.04. The van der Waals surface area contributed by atoms with Crippen LogP contribution in [0.3, 0.4) is 0 Å². The van der Waals surface area contributed by atoms with Crippen molar-refractivity contribution in [3.63, 3.8) is 0 Å². The van der Waals surface area contributed by atoms with Crippen LogP contribution in [-0.4, -0.2) is 5.97 Å². The summed E-state index contributed by atoms with van der Waals surface area (Å²) in [5, 5.41) is 0. The average molecular weight is 493 g/mol. The molecule has 0 aliphatic carbocycles. The van der Waals surface area contributed by atoms with Crippen LogP contribution in [0.2, 0.25) is 0 Å². The number of rotatable bonds is 29. The van der Waals surface area contributed by atoms with Crippen LogP contribution in [-0.2, 0) is 9.53 Å². The van der Waals surface area contributed by atoms with Crippen LogP contribution in [0.1, 0.15) is 187 Å². The van der Waals surface area contributed by atoms with Gasteiger partial charge in [-0.1, -0.05) is 181 Å². The second-order valence-electron chi connectivity index (χ2n) is 11.4. The lowest BCUT2D eigenvalue weighted by molar-refractivity contribution is -0.138. The van der Waals surface area contributed by atoms with Crippen LogP contribution in [0.5, 0.6) is 0 Å². The Bertz CT molecular complexity index is 429. The van der Waals surface area contributed by atoms with Gasteiger partial charge in [-0.25, -0.2) is 0 Å². The number of carbonyl (C=O) groups is 1. The fraction of sp³-hybridized carbons (Fsp3) is 0.909. The quantitative estimate of drug-likeness (QED) is 0.0589. The van der Waals surface area contributed by atoms with E-state index in [0.29, 0.717) is 6.42 Å². The van der Waals surface area contributed by atoms with E-state index in [9.17, 15) is 4.79 Å². The predicted octanol–water partition coefficient (Wildman–Crippen LogP) is 11.9. The molecule has 0 radical (unpaired) electrons. The summed E-state index contributed by atoms with van der Waals surface area (Å²) in [6.07, 6.45) is 38.2. The zero-order valence-corrected chi connectivity index (χ0v) is 24.3. The second-order valence-corrected chi connectivity index (χ2v) is 11.4. The minimum atomic E-state index is -0.144. The van der Waals surface area contributed by atoms with Gasteiger partial charge in [-0.3, -0.25) is 4.79 Å². The molecule has 0 aliphatic heterocycles. The lowest BCUT2D eigenvalue weighted by atomic mass is 10.0. The molecule has 0 amide bonds. The van der Waals surface area contributed by atoms with Gasteiger partial charge in [0.2, 0.25) is 0 Å². The molecular formula is C33H64O2. The number of unbranched alkanes of at least 4 members (excludes halogenated alkanes) is 24. The van der Waals surface area contributed by atoms with Crippen LogP contribution in [0, 0.1) is 5.92 Å². The molecule has 35 heavy (non-hydrogen) atoms. The van der Waals surface area contributed by atoms with Crippen molar-refractivity contribution in [1.29, 1.82) is 0 Å². The van der Waals surface area contributed by atoms with Crippen molar-refractivity contribution in [3.05, 3.63) is 12.8 Å². The molecular weight excluding hydrogens is 428 g/mol. The Balaban J connectivity index is 3.05. The molecule has 0 atom stereocenters. The molecule has 208 valence electrons. The molecule has 0 rings (SSSR count). The number of esters is 1. The lowest BCUT2D eigenvalue weighted by Crippen LogP contribution is -1.98. The molecule has 0 aromatic carbocycles. The zero-order valence-electron chi connectivity index (χ0n) is 24.3. The highest BCUT2D eigenvalue weighted by atomic mass is 16.5. The van der Waals surface area contributed by atoms with E-state index in [1.54, 1.807) is 0 Å². The SMILES string of the molecule is C=COC(=O)CCCCCCCCCCCCCCCCCCCCCCCCCCCC(C)C. The van der Waals surface area contributed by atoms with E-state index in [1.165, 1.54) is 160 Å². The van der Waals surface area contributed by atoms with Gasteiger partial charge in [-0.2, -0.15) is 0 Å². The molecule has 0 saturated carbocycles.